The van der Waals surface area contributed by atoms with Crippen LogP contribution in [-0.2, 0) is 0 Å². The number of nitrogens with zero attached hydrogens (tertiary/aromatic N) is 1. The van der Waals surface area contributed by atoms with Crippen LogP contribution in [0.1, 0.15) is 5.56 Å². The topological polar surface area (TPSA) is 72.6 Å². The first-order chi connectivity index (χ1) is 7.19. The van der Waals surface area contributed by atoms with Crippen molar-refractivity contribution in [2.24, 2.45) is 0 Å². The minimum absolute atomic E-state index is 0.0134. The van der Waals surface area contributed by atoms with Crippen molar-refractivity contribution in [3.05, 3.63) is 40.0 Å². The Labute approximate surface area is 86.8 Å². The molecule has 1 rings (SSSR count). The molecule has 0 aliphatic rings. The number of hydrogen-bond donors (Lipinski definition) is 1. The van der Waals surface area contributed by atoms with Crippen molar-refractivity contribution in [3.8, 4) is 5.75 Å². The Morgan fingerprint density at radius 2 is 2.33 bits per heavy atom. The van der Waals surface area contributed by atoms with E-state index in [9.17, 15) is 10.1 Å². The molecular weight excluding hydrogens is 198 g/mol. The van der Waals surface area contributed by atoms with Crippen LogP contribution in [0.15, 0.2) is 24.3 Å². The Balaban J connectivity index is 3.16. The second-order valence-corrected chi connectivity index (χ2v) is 2.77. The number of ether oxygens (including phenoxy) is 1. The van der Waals surface area contributed by atoms with Gasteiger partial charge in [0.1, 0.15) is 5.75 Å². The summed E-state index contributed by atoms with van der Waals surface area (Å²) in [6.45, 7) is -0.158. The predicted molar refractivity (Wildman–Crippen MR) is 55.8 cm³/mol. The van der Waals surface area contributed by atoms with E-state index in [0.717, 1.165) is 0 Å². The summed E-state index contributed by atoms with van der Waals surface area (Å²) in [5, 5.41) is 19.2. The van der Waals surface area contributed by atoms with Gasteiger partial charge in [-0.3, -0.25) is 10.1 Å². The zero-order valence-electron chi connectivity index (χ0n) is 8.21. The number of nitro groups is 1. The lowest BCUT2D eigenvalue weighted by Crippen LogP contribution is -1.93. The maximum atomic E-state index is 10.7. The van der Waals surface area contributed by atoms with Crippen molar-refractivity contribution in [2.75, 3.05) is 13.7 Å². The fourth-order valence-electron chi connectivity index (χ4n) is 1.14. The molecule has 0 heterocycles. The van der Waals surface area contributed by atoms with E-state index >= 15 is 0 Å². The molecular formula is C10H11NO4. The molecule has 0 unspecified atom stereocenters. The molecule has 0 aromatic heterocycles. The molecule has 5 heteroatoms. The van der Waals surface area contributed by atoms with Crippen LogP contribution in [0.25, 0.3) is 6.08 Å². The van der Waals surface area contributed by atoms with E-state index in [1.807, 2.05) is 0 Å². The third-order valence-electron chi connectivity index (χ3n) is 1.83. The van der Waals surface area contributed by atoms with Crippen LogP contribution in [0.3, 0.4) is 0 Å². The third-order valence-corrected chi connectivity index (χ3v) is 1.83. The Morgan fingerprint density at radius 3 is 2.87 bits per heavy atom. The van der Waals surface area contributed by atoms with Gasteiger partial charge in [0, 0.05) is 6.07 Å². The fraction of sp³-hybridized carbons (Fsp3) is 0.200. The van der Waals surface area contributed by atoms with Gasteiger partial charge in [0.05, 0.1) is 24.2 Å². The molecule has 0 saturated carbocycles. The lowest BCUT2D eigenvalue weighted by molar-refractivity contribution is -0.385. The number of benzene rings is 1. The summed E-state index contributed by atoms with van der Waals surface area (Å²) in [7, 11) is 1.49. The highest BCUT2D eigenvalue weighted by molar-refractivity contribution is 5.62. The lowest BCUT2D eigenvalue weighted by atomic mass is 10.1. The number of nitro benzene ring substituents is 1. The minimum atomic E-state index is -0.476. The molecule has 0 aliphatic heterocycles. The highest BCUT2D eigenvalue weighted by Gasteiger charge is 2.11. The zero-order chi connectivity index (χ0) is 11.3. The van der Waals surface area contributed by atoms with Gasteiger partial charge >= 0.3 is 0 Å². The molecule has 15 heavy (non-hydrogen) atoms. The van der Waals surface area contributed by atoms with Gasteiger partial charge in [-0.1, -0.05) is 6.08 Å². The molecule has 0 atom stereocenters. The molecule has 80 valence electrons. The van der Waals surface area contributed by atoms with Gasteiger partial charge in [-0.25, -0.2) is 0 Å². The Kier molecular flexibility index (Phi) is 3.82. The van der Waals surface area contributed by atoms with E-state index in [2.05, 4.69) is 0 Å². The number of hydrogen-bond acceptors (Lipinski definition) is 4. The first-order valence-electron chi connectivity index (χ1n) is 4.29. The first-order valence-corrected chi connectivity index (χ1v) is 4.29. The van der Waals surface area contributed by atoms with Crippen LogP contribution in [0.2, 0.25) is 0 Å². The standard InChI is InChI=1S/C10H11NO4/c1-15-9-4-5-10(11(13)14)8(7-9)3-2-6-12/h2-5,7,12H,6H2,1H3. The van der Waals surface area contributed by atoms with Gasteiger partial charge in [-0.2, -0.15) is 0 Å². The van der Waals surface area contributed by atoms with Crippen LogP contribution in [-0.4, -0.2) is 23.7 Å². The number of aliphatic hydroxyl groups excluding tert-OH is 1. The van der Waals surface area contributed by atoms with Crippen LogP contribution in [0.4, 0.5) is 5.69 Å². The number of aliphatic hydroxyl groups is 1. The number of rotatable bonds is 4. The summed E-state index contributed by atoms with van der Waals surface area (Å²) in [4.78, 5) is 10.2. The van der Waals surface area contributed by atoms with Crippen LogP contribution in [0.5, 0.6) is 5.75 Å². The SMILES string of the molecule is COc1ccc([N+](=O)[O-])c(C=CCO)c1. The summed E-state index contributed by atoms with van der Waals surface area (Å²) < 4.78 is 4.95. The zero-order valence-corrected chi connectivity index (χ0v) is 8.21. The summed E-state index contributed by atoms with van der Waals surface area (Å²) in [5.41, 5.74) is 0.397. The highest BCUT2D eigenvalue weighted by atomic mass is 16.6. The first kappa shape index (κ1) is 11.2. The molecule has 0 spiro atoms. The van der Waals surface area contributed by atoms with Crippen molar-refractivity contribution in [3.63, 3.8) is 0 Å². The summed E-state index contributed by atoms with van der Waals surface area (Å²) in [5.74, 6) is 0.540. The Hall–Kier alpha value is -1.88. The fourth-order valence-corrected chi connectivity index (χ4v) is 1.14. The lowest BCUT2D eigenvalue weighted by Gasteiger charge is -2.01. The monoisotopic (exact) mass is 209 g/mol. The van der Waals surface area contributed by atoms with E-state index in [1.54, 1.807) is 6.07 Å². The van der Waals surface area contributed by atoms with Gasteiger partial charge in [-0.05, 0) is 18.2 Å². The van der Waals surface area contributed by atoms with Crippen molar-refractivity contribution >= 4 is 11.8 Å². The van der Waals surface area contributed by atoms with E-state index in [-0.39, 0.29) is 12.3 Å². The molecule has 1 aromatic carbocycles. The maximum Gasteiger partial charge on any atom is 0.276 e. The van der Waals surface area contributed by atoms with E-state index in [1.165, 1.54) is 31.4 Å². The van der Waals surface area contributed by atoms with Gasteiger partial charge in [0.25, 0.3) is 5.69 Å². The molecule has 1 aromatic rings. The average molecular weight is 209 g/mol. The summed E-state index contributed by atoms with van der Waals surface area (Å²) >= 11 is 0. The molecule has 0 saturated heterocycles. The van der Waals surface area contributed by atoms with Crippen LogP contribution >= 0.6 is 0 Å². The number of methoxy groups -OCH3 is 1. The summed E-state index contributed by atoms with van der Waals surface area (Å²) in [6, 6.07) is 4.44. The van der Waals surface area contributed by atoms with Crippen molar-refractivity contribution in [2.45, 2.75) is 0 Å². The molecule has 1 N–H and O–H groups in total. The molecule has 5 nitrogen and oxygen atoms in total. The quantitative estimate of drug-likeness (QED) is 0.604. The van der Waals surface area contributed by atoms with Crippen LogP contribution in [0, 0.1) is 10.1 Å². The predicted octanol–water partition coefficient (Wildman–Crippen LogP) is 1.61. The molecule has 0 fully saturated rings. The molecule has 0 radical (unpaired) electrons. The van der Waals surface area contributed by atoms with E-state index in [4.69, 9.17) is 9.84 Å². The second kappa shape index (κ2) is 5.11. The maximum absolute atomic E-state index is 10.7. The molecule has 0 aliphatic carbocycles. The van der Waals surface area contributed by atoms with Crippen molar-refractivity contribution in [1.82, 2.24) is 0 Å². The Morgan fingerprint density at radius 1 is 1.60 bits per heavy atom. The largest absolute Gasteiger partial charge is 0.497 e. The van der Waals surface area contributed by atoms with Gasteiger partial charge in [0.15, 0.2) is 0 Å². The van der Waals surface area contributed by atoms with Gasteiger partial charge in [0.2, 0.25) is 0 Å². The van der Waals surface area contributed by atoms with E-state index in [0.29, 0.717) is 11.3 Å². The van der Waals surface area contributed by atoms with Gasteiger partial charge < -0.3 is 9.84 Å². The van der Waals surface area contributed by atoms with E-state index < -0.39 is 4.92 Å². The minimum Gasteiger partial charge on any atom is -0.497 e. The second-order valence-electron chi connectivity index (χ2n) is 2.77. The molecule has 0 bridgehead atoms. The third kappa shape index (κ3) is 2.78. The van der Waals surface area contributed by atoms with Crippen molar-refractivity contribution in [1.29, 1.82) is 0 Å². The molecule has 0 amide bonds. The van der Waals surface area contributed by atoms with Gasteiger partial charge in [-0.15, -0.1) is 0 Å². The Bertz CT molecular complexity index is 387. The normalized spacial score (nSPS) is 10.5. The van der Waals surface area contributed by atoms with Crippen LogP contribution < -0.4 is 4.74 Å². The summed E-state index contributed by atoms with van der Waals surface area (Å²) in [6.07, 6.45) is 2.92. The smallest absolute Gasteiger partial charge is 0.276 e. The highest BCUT2D eigenvalue weighted by Crippen LogP contribution is 2.24. The average Bonchev–Trinajstić information content (AvgIpc) is 2.25. The van der Waals surface area contributed by atoms with Crippen molar-refractivity contribution < 1.29 is 14.8 Å².